The molecule has 0 bridgehead atoms. The highest BCUT2D eigenvalue weighted by molar-refractivity contribution is 9.10. The highest BCUT2D eigenvalue weighted by Crippen LogP contribution is 2.28. The maximum absolute atomic E-state index is 12.7. The summed E-state index contributed by atoms with van der Waals surface area (Å²) in [6.07, 6.45) is 1.74. The molecule has 6 nitrogen and oxygen atoms in total. The standard InChI is InChI=1S/C17H15BrN2O4S/c1-2-24-17(21)11-6-7-16(13(18)10-11)25(22,23)20-15-5-3-4-14-12(15)8-9-19-14/h3-10,19-20H,2H2,1H3. The van der Waals surface area contributed by atoms with E-state index in [-0.39, 0.29) is 21.5 Å². The topological polar surface area (TPSA) is 88.3 Å². The Morgan fingerprint density at radius 3 is 2.76 bits per heavy atom. The minimum atomic E-state index is -3.83. The lowest BCUT2D eigenvalue weighted by molar-refractivity contribution is 0.0526. The normalized spacial score (nSPS) is 11.4. The number of sulfonamides is 1. The fourth-order valence-corrected chi connectivity index (χ4v) is 4.59. The number of nitrogens with one attached hydrogen (secondary N) is 2. The number of carbonyl (C=O) groups is 1. The largest absolute Gasteiger partial charge is 0.462 e. The Kier molecular flexibility index (Phi) is 4.82. The van der Waals surface area contributed by atoms with E-state index < -0.39 is 16.0 Å². The van der Waals surface area contributed by atoms with Crippen molar-refractivity contribution in [3.8, 4) is 0 Å². The SMILES string of the molecule is CCOC(=O)c1ccc(S(=O)(=O)Nc2cccc3[nH]ccc23)c(Br)c1. The van der Waals surface area contributed by atoms with Crippen molar-refractivity contribution in [1.29, 1.82) is 0 Å². The van der Waals surface area contributed by atoms with Gasteiger partial charge in [-0.2, -0.15) is 0 Å². The quantitative estimate of drug-likeness (QED) is 0.610. The molecule has 130 valence electrons. The Bertz CT molecular complexity index is 1040. The summed E-state index contributed by atoms with van der Waals surface area (Å²) < 4.78 is 33.2. The lowest BCUT2D eigenvalue weighted by atomic mass is 10.2. The predicted molar refractivity (Wildman–Crippen MR) is 99.2 cm³/mol. The molecule has 2 N–H and O–H groups in total. The summed E-state index contributed by atoms with van der Waals surface area (Å²) in [5.41, 5.74) is 1.58. The second-order valence-electron chi connectivity index (χ2n) is 5.22. The van der Waals surface area contributed by atoms with Crippen molar-refractivity contribution >= 4 is 48.5 Å². The van der Waals surface area contributed by atoms with E-state index in [1.807, 2.05) is 6.07 Å². The van der Waals surface area contributed by atoms with E-state index in [9.17, 15) is 13.2 Å². The van der Waals surface area contributed by atoms with Gasteiger partial charge in [0.25, 0.3) is 10.0 Å². The Morgan fingerprint density at radius 2 is 2.04 bits per heavy atom. The van der Waals surface area contributed by atoms with Gasteiger partial charge in [-0.25, -0.2) is 13.2 Å². The lowest BCUT2D eigenvalue weighted by Gasteiger charge is -2.11. The number of benzene rings is 2. The smallest absolute Gasteiger partial charge is 0.338 e. The number of hydrogen-bond donors (Lipinski definition) is 2. The number of aromatic nitrogens is 1. The van der Waals surface area contributed by atoms with Gasteiger partial charge < -0.3 is 9.72 Å². The van der Waals surface area contributed by atoms with Crippen LogP contribution in [0.25, 0.3) is 10.9 Å². The Labute approximate surface area is 153 Å². The third-order valence-electron chi connectivity index (χ3n) is 3.57. The lowest BCUT2D eigenvalue weighted by Crippen LogP contribution is -2.14. The molecule has 0 spiro atoms. The van der Waals surface area contributed by atoms with Crippen LogP contribution >= 0.6 is 15.9 Å². The van der Waals surface area contributed by atoms with Crippen LogP contribution < -0.4 is 4.72 Å². The number of halogens is 1. The number of anilines is 1. The molecule has 25 heavy (non-hydrogen) atoms. The number of hydrogen-bond acceptors (Lipinski definition) is 4. The van der Waals surface area contributed by atoms with Crippen molar-refractivity contribution in [3.05, 3.63) is 58.7 Å². The first-order valence-electron chi connectivity index (χ1n) is 7.48. The van der Waals surface area contributed by atoms with Gasteiger partial charge in [-0.3, -0.25) is 4.72 Å². The van der Waals surface area contributed by atoms with Crippen molar-refractivity contribution in [2.75, 3.05) is 11.3 Å². The zero-order valence-electron chi connectivity index (χ0n) is 13.2. The van der Waals surface area contributed by atoms with Crippen molar-refractivity contribution in [3.63, 3.8) is 0 Å². The maximum atomic E-state index is 12.7. The molecule has 1 heterocycles. The second kappa shape index (κ2) is 6.89. The summed E-state index contributed by atoms with van der Waals surface area (Å²) in [6, 6.07) is 11.3. The van der Waals surface area contributed by atoms with Crippen LogP contribution in [0.4, 0.5) is 5.69 Å². The van der Waals surface area contributed by atoms with Gasteiger partial charge in [0.1, 0.15) is 4.90 Å². The molecule has 2 aromatic carbocycles. The van der Waals surface area contributed by atoms with E-state index >= 15 is 0 Å². The monoisotopic (exact) mass is 422 g/mol. The van der Waals surface area contributed by atoms with E-state index in [1.54, 1.807) is 31.3 Å². The van der Waals surface area contributed by atoms with E-state index in [4.69, 9.17) is 4.74 Å². The number of rotatable bonds is 5. The average Bonchev–Trinajstić information content (AvgIpc) is 3.04. The fourth-order valence-electron chi connectivity index (χ4n) is 2.43. The third-order valence-corrected chi connectivity index (χ3v) is 5.91. The van der Waals surface area contributed by atoms with Gasteiger partial charge >= 0.3 is 5.97 Å². The first-order valence-corrected chi connectivity index (χ1v) is 9.75. The van der Waals surface area contributed by atoms with Crippen LogP contribution in [-0.2, 0) is 14.8 Å². The maximum Gasteiger partial charge on any atom is 0.338 e. The Balaban J connectivity index is 1.95. The number of aromatic amines is 1. The van der Waals surface area contributed by atoms with Crippen LogP contribution in [-0.4, -0.2) is 26.0 Å². The Hall–Kier alpha value is -2.32. The minimum absolute atomic E-state index is 0.0353. The zero-order chi connectivity index (χ0) is 18.0. The Morgan fingerprint density at radius 1 is 1.24 bits per heavy atom. The van der Waals surface area contributed by atoms with Crippen molar-refractivity contribution < 1.29 is 17.9 Å². The summed E-state index contributed by atoms with van der Waals surface area (Å²) in [7, 11) is -3.83. The van der Waals surface area contributed by atoms with Gasteiger partial charge in [0.15, 0.2) is 0 Å². The summed E-state index contributed by atoms with van der Waals surface area (Å²) in [5, 5.41) is 0.769. The van der Waals surface area contributed by atoms with Crippen LogP contribution in [0.15, 0.2) is 58.0 Å². The molecule has 0 saturated heterocycles. The number of ether oxygens (including phenoxy) is 1. The molecule has 0 aliphatic heterocycles. The van der Waals surface area contributed by atoms with Gasteiger partial charge in [0.2, 0.25) is 0 Å². The second-order valence-corrected chi connectivity index (χ2v) is 7.72. The fraction of sp³-hybridized carbons (Fsp3) is 0.118. The van der Waals surface area contributed by atoms with Crippen molar-refractivity contribution in [2.24, 2.45) is 0 Å². The van der Waals surface area contributed by atoms with Crippen LogP contribution in [0.2, 0.25) is 0 Å². The third kappa shape index (κ3) is 3.54. The zero-order valence-corrected chi connectivity index (χ0v) is 15.6. The summed E-state index contributed by atoms with van der Waals surface area (Å²) in [5.74, 6) is -0.503. The van der Waals surface area contributed by atoms with Gasteiger partial charge in [0.05, 0.1) is 17.9 Å². The molecule has 3 rings (SSSR count). The average molecular weight is 423 g/mol. The number of fused-ring (bicyclic) bond motifs is 1. The molecular formula is C17H15BrN2O4S. The molecule has 0 radical (unpaired) electrons. The molecule has 3 aromatic rings. The molecule has 0 saturated carbocycles. The molecule has 8 heteroatoms. The number of carbonyl (C=O) groups excluding carboxylic acids is 1. The predicted octanol–water partition coefficient (Wildman–Crippen LogP) is 3.91. The van der Waals surface area contributed by atoms with Crippen molar-refractivity contribution in [2.45, 2.75) is 11.8 Å². The molecule has 0 aliphatic rings. The molecule has 0 fully saturated rings. The minimum Gasteiger partial charge on any atom is -0.462 e. The van der Waals surface area contributed by atoms with E-state index in [0.717, 1.165) is 10.9 Å². The first kappa shape index (κ1) is 17.5. The van der Waals surface area contributed by atoms with E-state index in [2.05, 4.69) is 25.6 Å². The first-order chi connectivity index (χ1) is 11.9. The molecular weight excluding hydrogens is 408 g/mol. The van der Waals surface area contributed by atoms with Gasteiger partial charge in [0, 0.05) is 21.6 Å². The summed E-state index contributed by atoms with van der Waals surface area (Å²) in [6.45, 7) is 1.95. The molecule has 1 aromatic heterocycles. The summed E-state index contributed by atoms with van der Waals surface area (Å²) in [4.78, 5) is 14.8. The van der Waals surface area contributed by atoms with E-state index in [0.29, 0.717) is 5.69 Å². The number of esters is 1. The van der Waals surface area contributed by atoms with E-state index in [1.165, 1.54) is 18.2 Å². The van der Waals surface area contributed by atoms with Gasteiger partial charge in [-0.1, -0.05) is 6.07 Å². The molecule has 0 aliphatic carbocycles. The highest BCUT2D eigenvalue weighted by Gasteiger charge is 2.20. The van der Waals surface area contributed by atoms with Crippen LogP contribution in [0.5, 0.6) is 0 Å². The molecule has 0 unspecified atom stereocenters. The van der Waals surface area contributed by atoms with Gasteiger partial charge in [-0.05, 0) is 59.3 Å². The van der Waals surface area contributed by atoms with Crippen molar-refractivity contribution in [1.82, 2.24) is 4.98 Å². The van der Waals surface area contributed by atoms with Crippen LogP contribution in [0.3, 0.4) is 0 Å². The molecule has 0 atom stereocenters. The highest BCUT2D eigenvalue weighted by atomic mass is 79.9. The van der Waals surface area contributed by atoms with Crippen LogP contribution in [0.1, 0.15) is 17.3 Å². The van der Waals surface area contributed by atoms with Gasteiger partial charge in [-0.15, -0.1) is 0 Å². The summed E-state index contributed by atoms with van der Waals surface area (Å²) >= 11 is 3.22. The number of H-pyrrole nitrogens is 1. The molecule has 0 amide bonds. The van der Waals surface area contributed by atoms with Crippen LogP contribution in [0, 0.1) is 0 Å².